The highest BCUT2D eigenvalue weighted by molar-refractivity contribution is 9.10. The Morgan fingerprint density at radius 3 is 2.79 bits per heavy atom. The molecule has 2 aromatic heterocycles. The Labute approximate surface area is 166 Å². The van der Waals surface area contributed by atoms with Crippen LogP contribution in [0.1, 0.15) is 10.4 Å². The van der Waals surface area contributed by atoms with E-state index in [-0.39, 0.29) is 11.3 Å². The molecule has 9 heteroatoms. The first-order valence-corrected chi connectivity index (χ1v) is 8.97. The van der Waals surface area contributed by atoms with E-state index in [1.54, 1.807) is 18.3 Å². The van der Waals surface area contributed by atoms with Crippen LogP contribution in [-0.4, -0.2) is 25.8 Å². The lowest BCUT2D eigenvalue weighted by Gasteiger charge is -2.09. The van der Waals surface area contributed by atoms with Crippen molar-refractivity contribution in [2.75, 3.05) is 5.32 Å². The minimum atomic E-state index is -0.537. The minimum absolute atomic E-state index is 0.144. The predicted molar refractivity (Wildman–Crippen MR) is 108 cm³/mol. The van der Waals surface area contributed by atoms with E-state index >= 15 is 0 Å². The second-order valence-electron chi connectivity index (χ2n) is 5.92. The quantitative estimate of drug-likeness (QED) is 0.359. The number of pyridine rings is 1. The maximum Gasteiger partial charge on any atom is 0.270 e. The lowest BCUT2D eigenvalue weighted by molar-refractivity contribution is -0.384. The molecule has 0 aliphatic heterocycles. The second kappa shape index (κ2) is 7.20. The maximum atomic E-state index is 12.6. The summed E-state index contributed by atoms with van der Waals surface area (Å²) in [5.41, 5.74) is 2.56. The van der Waals surface area contributed by atoms with Gasteiger partial charge in [-0.25, -0.2) is 9.97 Å². The van der Waals surface area contributed by atoms with Crippen LogP contribution in [0, 0.1) is 10.1 Å². The monoisotopic (exact) mass is 437 g/mol. The van der Waals surface area contributed by atoms with Crippen LogP contribution in [-0.2, 0) is 0 Å². The number of nitro groups is 1. The van der Waals surface area contributed by atoms with E-state index < -0.39 is 10.8 Å². The van der Waals surface area contributed by atoms with Crippen molar-refractivity contribution in [3.63, 3.8) is 0 Å². The van der Waals surface area contributed by atoms with Gasteiger partial charge in [0.25, 0.3) is 11.6 Å². The molecule has 138 valence electrons. The number of H-pyrrole nitrogens is 1. The highest BCUT2D eigenvalue weighted by Crippen LogP contribution is 2.28. The van der Waals surface area contributed by atoms with Crippen LogP contribution in [0.5, 0.6) is 0 Å². The summed E-state index contributed by atoms with van der Waals surface area (Å²) >= 11 is 3.37. The van der Waals surface area contributed by atoms with Gasteiger partial charge in [0, 0.05) is 33.9 Å². The molecule has 0 saturated heterocycles. The Morgan fingerprint density at radius 2 is 1.96 bits per heavy atom. The molecule has 0 fully saturated rings. The van der Waals surface area contributed by atoms with Crippen molar-refractivity contribution in [1.82, 2.24) is 15.0 Å². The van der Waals surface area contributed by atoms with Crippen LogP contribution >= 0.6 is 15.9 Å². The van der Waals surface area contributed by atoms with Crippen molar-refractivity contribution in [3.05, 3.63) is 80.9 Å². The average Bonchev–Trinajstić information content (AvgIpc) is 3.11. The van der Waals surface area contributed by atoms with Gasteiger partial charge in [0.1, 0.15) is 5.82 Å². The zero-order chi connectivity index (χ0) is 19.7. The molecule has 0 saturated carbocycles. The number of aromatic amines is 1. The number of benzene rings is 2. The average molecular weight is 438 g/mol. The summed E-state index contributed by atoms with van der Waals surface area (Å²) in [7, 11) is 0. The molecular weight excluding hydrogens is 426 g/mol. The Kier molecular flexibility index (Phi) is 4.58. The van der Waals surface area contributed by atoms with Crippen molar-refractivity contribution in [1.29, 1.82) is 0 Å². The third-order valence-electron chi connectivity index (χ3n) is 4.05. The number of hydrogen-bond acceptors (Lipinski definition) is 5. The molecule has 0 atom stereocenters. The summed E-state index contributed by atoms with van der Waals surface area (Å²) in [5, 5.41) is 13.7. The number of carbonyl (C=O) groups is 1. The summed E-state index contributed by atoms with van der Waals surface area (Å²) < 4.78 is 0.822. The molecule has 2 N–H and O–H groups in total. The summed E-state index contributed by atoms with van der Waals surface area (Å²) in [6.45, 7) is 0. The highest BCUT2D eigenvalue weighted by atomic mass is 79.9. The Balaban J connectivity index is 1.68. The molecule has 1 amide bonds. The third kappa shape index (κ3) is 3.47. The van der Waals surface area contributed by atoms with E-state index in [1.165, 1.54) is 24.3 Å². The molecule has 0 radical (unpaired) electrons. The molecule has 0 bridgehead atoms. The number of rotatable bonds is 4. The Morgan fingerprint density at radius 1 is 1.14 bits per heavy atom. The number of hydrogen-bond donors (Lipinski definition) is 2. The highest BCUT2D eigenvalue weighted by Gasteiger charge is 2.15. The van der Waals surface area contributed by atoms with Gasteiger partial charge in [0.15, 0.2) is 5.65 Å². The summed E-state index contributed by atoms with van der Waals surface area (Å²) in [6.07, 6.45) is 1.66. The van der Waals surface area contributed by atoms with Gasteiger partial charge in [0.2, 0.25) is 0 Å². The number of carbonyl (C=O) groups excluding carboxylic acids is 1. The molecule has 28 heavy (non-hydrogen) atoms. The SMILES string of the molecule is O=C(Nc1ccccc1-c1nc2ncc(Br)cc2[nH]1)c1cccc([N+](=O)[O-])c1. The normalized spacial score (nSPS) is 10.8. The molecular formula is C19H12BrN5O3. The molecule has 8 nitrogen and oxygen atoms in total. The van der Waals surface area contributed by atoms with Crippen LogP contribution < -0.4 is 5.32 Å². The van der Waals surface area contributed by atoms with E-state index in [1.807, 2.05) is 18.2 Å². The smallest absolute Gasteiger partial charge is 0.270 e. The number of amides is 1. The van der Waals surface area contributed by atoms with Crippen molar-refractivity contribution in [2.45, 2.75) is 0 Å². The fourth-order valence-corrected chi connectivity index (χ4v) is 3.09. The first-order valence-electron chi connectivity index (χ1n) is 8.18. The second-order valence-corrected chi connectivity index (χ2v) is 6.83. The van der Waals surface area contributed by atoms with Gasteiger partial charge < -0.3 is 10.3 Å². The number of halogens is 1. The number of para-hydroxylation sites is 1. The third-order valence-corrected chi connectivity index (χ3v) is 4.49. The van der Waals surface area contributed by atoms with Crippen molar-refractivity contribution < 1.29 is 9.72 Å². The number of nitrogens with one attached hydrogen (secondary N) is 2. The summed E-state index contributed by atoms with van der Waals surface area (Å²) in [6, 6.07) is 14.6. The Bertz CT molecular complexity index is 1220. The number of aromatic nitrogens is 3. The summed E-state index contributed by atoms with van der Waals surface area (Å²) in [4.78, 5) is 34.9. The molecule has 0 spiro atoms. The van der Waals surface area contributed by atoms with Gasteiger partial charge in [-0.1, -0.05) is 18.2 Å². The fraction of sp³-hybridized carbons (Fsp3) is 0. The molecule has 0 aliphatic rings. The van der Waals surface area contributed by atoms with Crippen LogP contribution in [0.2, 0.25) is 0 Å². The molecule has 0 aliphatic carbocycles. The standard InChI is InChI=1S/C19H12BrN5O3/c20-12-9-16-18(21-10-12)24-17(22-16)14-6-1-2-7-15(14)23-19(26)11-4-3-5-13(8-11)25(27)28/h1-10H,(H,23,26)(H,21,22,24). The lowest BCUT2D eigenvalue weighted by Crippen LogP contribution is -2.13. The zero-order valence-electron chi connectivity index (χ0n) is 14.2. The first kappa shape index (κ1) is 17.8. The van der Waals surface area contributed by atoms with Gasteiger partial charge in [-0.3, -0.25) is 14.9 Å². The molecule has 0 unspecified atom stereocenters. The van der Waals surface area contributed by atoms with Crippen molar-refractivity contribution in [2.24, 2.45) is 0 Å². The number of imidazole rings is 1. The fourth-order valence-electron chi connectivity index (χ4n) is 2.76. The van der Waals surface area contributed by atoms with E-state index in [0.717, 1.165) is 9.99 Å². The number of nitrogens with zero attached hydrogens (tertiary/aromatic N) is 3. The molecule has 2 heterocycles. The molecule has 4 aromatic rings. The van der Waals surface area contributed by atoms with Gasteiger partial charge in [-0.05, 0) is 40.2 Å². The van der Waals surface area contributed by atoms with Crippen molar-refractivity contribution in [3.8, 4) is 11.4 Å². The van der Waals surface area contributed by atoms with E-state index in [4.69, 9.17) is 0 Å². The van der Waals surface area contributed by atoms with E-state index in [9.17, 15) is 14.9 Å². The number of nitro benzene ring substituents is 1. The van der Waals surface area contributed by atoms with Crippen LogP contribution in [0.4, 0.5) is 11.4 Å². The van der Waals surface area contributed by atoms with Gasteiger partial charge in [-0.2, -0.15) is 0 Å². The maximum absolute atomic E-state index is 12.6. The summed E-state index contributed by atoms with van der Waals surface area (Å²) in [5.74, 6) is 0.101. The topological polar surface area (TPSA) is 114 Å². The number of fused-ring (bicyclic) bond motifs is 1. The zero-order valence-corrected chi connectivity index (χ0v) is 15.8. The Hall–Kier alpha value is -3.59. The first-order chi connectivity index (χ1) is 13.5. The van der Waals surface area contributed by atoms with E-state index in [2.05, 4.69) is 36.2 Å². The van der Waals surface area contributed by atoms with Gasteiger partial charge in [0.05, 0.1) is 16.1 Å². The minimum Gasteiger partial charge on any atom is -0.336 e. The number of anilines is 1. The molecule has 4 rings (SSSR count). The van der Waals surface area contributed by atoms with Gasteiger partial charge >= 0.3 is 0 Å². The van der Waals surface area contributed by atoms with Crippen LogP contribution in [0.15, 0.2) is 65.3 Å². The van der Waals surface area contributed by atoms with Gasteiger partial charge in [-0.15, -0.1) is 0 Å². The van der Waals surface area contributed by atoms with E-state index in [0.29, 0.717) is 22.7 Å². The van der Waals surface area contributed by atoms with Crippen LogP contribution in [0.25, 0.3) is 22.6 Å². The molecule has 2 aromatic carbocycles. The van der Waals surface area contributed by atoms with Crippen LogP contribution in [0.3, 0.4) is 0 Å². The number of non-ortho nitro benzene ring substituents is 1. The lowest BCUT2D eigenvalue weighted by atomic mass is 10.1. The van der Waals surface area contributed by atoms with Crippen molar-refractivity contribution >= 4 is 44.4 Å². The largest absolute Gasteiger partial charge is 0.336 e. The predicted octanol–water partition coefficient (Wildman–Crippen LogP) is 4.55.